The molecule has 0 heterocycles. The van der Waals surface area contributed by atoms with Crippen molar-refractivity contribution in [3.05, 3.63) is 35.4 Å². The molecule has 0 amide bonds. The van der Waals surface area contributed by atoms with Crippen molar-refractivity contribution in [1.29, 1.82) is 0 Å². The van der Waals surface area contributed by atoms with E-state index in [0.717, 1.165) is 24.3 Å². The average molecular weight is 261 g/mol. The minimum Gasteiger partial charge on any atom is -0.481 e. The van der Waals surface area contributed by atoms with Crippen molar-refractivity contribution in [2.24, 2.45) is 11.7 Å². The van der Waals surface area contributed by atoms with Crippen molar-refractivity contribution in [1.82, 2.24) is 0 Å². The molecule has 1 aliphatic rings. The van der Waals surface area contributed by atoms with Gasteiger partial charge in [0.25, 0.3) is 0 Å². The van der Waals surface area contributed by atoms with Crippen molar-refractivity contribution in [3.8, 4) is 0 Å². The molecule has 1 unspecified atom stereocenters. The molecule has 2 rings (SSSR count). The number of aliphatic carboxylic acids is 1. The Morgan fingerprint density at radius 3 is 2.53 bits per heavy atom. The van der Waals surface area contributed by atoms with E-state index in [9.17, 15) is 9.90 Å². The fraction of sp³-hybridized carbons (Fsp3) is 0.562. The molecule has 1 aliphatic carbocycles. The van der Waals surface area contributed by atoms with E-state index < -0.39 is 11.9 Å². The zero-order valence-corrected chi connectivity index (χ0v) is 11.5. The highest BCUT2D eigenvalue weighted by molar-refractivity contribution is 5.77. The molecule has 1 saturated carbocycles. The molecular weight excluding hydrogens is 238 g/mol. The van der Waals surface area contributed by atoms with E-state index >= 15 is 0 Å². The number of rotatable bonds is 4. The molecule has 1 aromatic carbocycles. The summed E-state index contributed by atoms with van der Waals surface area (Å²) in [6.45, 7) is 2.46. The molecule has 19 heavy (non-hydrogen) atoms. The third kappa shape index (κ3) is 3.16. The molecule has 3 N–H and O–H groups in total. The maximum absolute atomic E-state index is 11.3. The standard InChI is InChI=1S/C16H23NO2/c1-11-6-8-12(9-7-11)13-4-2-3-5-14(13)15(10-17)16(18)19/h2-5,11-12,15H,6-10,17H2,1H3,(H,18,19). The fourth-order valence-electron chi connectivity index (χ4n) is 3.13. The molecule has 0 aromatic heterocycles. The van der Waals surface area contributed by atoms with Crippen LogP contribution in [0.4, 0.5) is 0 Å². The Balaban J connectivity index is 2.27. The monoisotopic (exact) mass is 261 g/mol. The molecule has 0 aliphatic heterocycles. The van der Waals surface area contributed by atoms with Gasteiger partial charge in [0.2, 0.25) is 0 Å². The largest absolute Gasteiger partial charge is 0.481 e. The summed E-state index contributed by atoms with van der Waals surface area (Å²) in [7, 11) is 0. The second-order valence-corrected chi connectivity index (χ2v) is 5.71. The van der Waals surface area contributed by atoms with Gasteiger partial charge in [-0.15, -0.1) is 0 Å². The molecule has 1 aromatic rings. The molecule has 3 nitrogen and oxygen atoms in total. The van der Waals surface area contributed by atoms with Gasteiger partial charge in [-0.2, -0.15) is 0 Å². The van der Waals surface area contributed by atoms with Crippen LogP contribution in [0.15, 0.2) is 24.3 Å². The van der Waals surface area contributed by atoms with Gasteiger partial charge in [0.05, 0.1) is 5.92 Å². The third-order valence-corrected chi connectivity index (χ3v) is 4.36. The predicted octanol–water partition coefficient (Wildman–Crippen LogP) is 3.11. The van der Waals surface area contributed by atoms with Crippen LogP contribution >= 0.6 is 0 Å². The Hall–Kier alpha value is -1.35. The summed E-state index contributed by atoms with van der Waals surface area (Å²) in [5, 5.41) is 9.31. The van der Waals surface area contributed by atoms with Gasteiger partial charge in [0, 0.05) is 6.54 Å². The molecule has 104 valence electrons. The van der Waals surface area contributed by atoms with Crippen LogP contribution in [0.1, 0.15) is 55.6 Å². The molecule has 0 bridgehead atoms. The Labute approximate surface area is 114 Å². The highest BCUT2D eigenvalue weighted by atomic mass is 16.4. The van der Waals surface area contributed by atoms with Crippen LogP contribution in [-0.2, 0) is 4.79 Å². The van der Waals surface area contributed by atoms with Crippen molar-refractivity contribution in [2.75, 3.05) is 6.54 Å². The van der Waals surface area contributed by atoms with E-state index in [1.165, 1.54) is 18.4 Å². The molecule has 3 heteroatoms. The predicted molar refractivity (Wildman–Crippen MR) is 76.2 cm³/mol. The Kier molecular flexibility index (Phi) is 4.59. The molecule has 1 fully saturated rings. The SMILES string of the molecule is CC1CCC(c2ccccc2C(CN)C(=O)O)CC1. The first-order valence-corrected chi connectivity index (χ1v) is 7.15. The molecule has 1 atom stereocenters. The normalized spacial score (nSPS) is 24.9. The average Bonchev–Trinajstić information content (AvgIpc) is 2.41. The van der Waals surface area contributed by atoms with Gasteiger partial charge in [0.15, 0.2) is 0 Å². The third-order valence-electron chi connectivity index (χ3n) is 4.36. The highest BCUT2D eigenvalue weighted by Gasteiger charge is 2.26. The first-order valence-electron chi connectivity index (χ1n) is 7.15. The van der Waals surface area contributed by atoms with Gasteiger partial charge in [-0.25, -0.2) is 0 Å². The van der Waals surface area contributed by atoms with Crippen molar-refractivity contribution >= 4 is 5.97 Å². The van der Waals surface area contributed by atoms with Crippen LogP contribution < -0.4 is 5.73 Å². The number of carboxylic acid groups (broad SMARTS) is 1. The van der Waals surface area contributed by atoms with Crippen molar-refractivity contribution in [2.45, 2.75) is 44.4 Å². The van der Waals surface area contributed by atoms with E-state index in [4.69, 9.17) is 5.73 Å². The molecular formula is C16H23NO2. The molecule has 0 spiro atoms. The number of hydrogen-bond acceptors (Lipinski definition) is 2. The maximum Gasteiger partial charge on any atom is 0.312 e. The zero-order chi connectivity index (χ0) is 13.8. The lowest BCUT2D eigenvalue weighted by Crippen LogP contribution is -2.23. The van der Waals surface area contributed by atoms with Crippen molar-refractivity contribution < 1.29 is 9.90 Å². The summed E-state index contributed by atoms with van der Waals surface area (Å²) >= 11 is 0. The Bertz CT molecular complexity index is 436. The summed E-state index contributed by atoms with van der Waals surface area (Å²) in [5.41, 5.74) is 7.76. The van der Waals surface area contributed by atoms with E-state index in [0.29, 0.717) is 5.92 Å². The summed E-state index contributed by atoms with van der Waals surface area (Å²) in [6.07, 6.45) is 4.79. The molecule has 0 saturated heterocycles. The summed E-state index contributed by atoms with van der Waals surface area (Å²) in [4.78, 5) is 11.3. The second-order valence-electron chi connectivity index (χ2n) is 5.71. The maximum atomic E-state index is 11.3. The van der Waals surface area contributed by atoms with Crippen LogP contribution in [0.2, 0.25) is 0 Å². The Morgan fingerprint density at radius 2 is 1.95 bits per heavy atom. The van der Waals surface area contributed by atoms with E-state index in [2.05, 4.69) is 13.0 Å². The fourth-order valence-corrected chi connectivity index (χ4v) is 3.13. The van der Waals surface area contributed by atoms with E-state index in [1.54, 1.807) is 0 Å². The number of carbonyl (C=O) groups is 1. The second kappa shape index (κ2) is 6.20. The van der Waals surface area contributed by atoms with Crippen LogP contribution in [-0.4, -0.2) is 17.6 Å². The Morgan fingerprint density at radius 1 is 1.32 bits per heavy atom. The van der Waals surface area contributed by atoms with Gasteiger partial charge in [-0.1, -0.05) is 44.0 Å². The van der Waals surface area contributed by atoms with Crippen LogP contribution in [0.25, 0.3) is 0 Å². The quantitative estimate of drug-likeness (QED) is 0.875. The van der Waals surface area contributed by atoms with Gasteiger partial charge < -0.3 is 10.8 Å². The zero-order valence-electron chi connectivity index (χ0n) is 11.5. The van der Waals surface area contributed by atoms with Gasteiger partial charge in [0.1, 0.15) is 0 Å². The topological polar surface area (TPSA) is 63.3 Å². The summed E-state index contributed by atoms with van der Waals surface area (Å²) in [6, 6.07) is 7.93. The summed E-state index contributed by atoms with van der Waals surface area (Å²) in [5.74, 6) is -0.0938. The lowest BCUT2D eigenvalue weighted by Gasteiger charge is -2.29. The van der Waals surface area contributed by atoms with Gasteiger partial charge in [-0.05, 0) is 35.8 Å². The lowest BCUT2D eigenvalue weighted by atomic mass is 9.76. The minimum atomic E-state index is -0.820. The van der Waals surface area contributed by atoms with Crippen molar-refractivity contribution in [3.63, 3.8) is 0 Å². The summed E-state index contributed by atoms with van der Waals surface area (Å²) < 4.78 is 0. The highest BCUT2D eigenvalue weighted by Crippen LogP contribution is 2.38. The number of nitrogens with two attached hydrogens (primary N) is 1. The van der Waals surface area contributed by atoms with Crippen LogP contribution in [0.3, 0.4) is 0 Å². The molecule has 0 radical (unpaired) electrons. The lowest BCUT2D eigenvalue weighted by molar-refractivity contribution is -0.138. The van der Waals surface area contributed by atoms with Crippen LogP contribution in [0, 0.1) is 5.92 Å². The minimum absolute atomic E-state index is 0.162. The number of hydrogen-bond donors (Lipinski definition) is 2. The smallest absolute Gasteiger partial charge is 0.312 e. The van der Waals surface area contributed by atoms with E-state index in [1.807, 2.05) is 18.2 Å². The van der Waals surface area contributed by atoms with E-state index in [-0.39, 0.29) is 6.54 Å². The number of benzene rings is 1. The van der Waals surface area contributed by atoms with Gasteiger partial charge in [-0.3, -0.25) is 4.79 Å². The first-order chi connectivity index (χ1) is 9.13. The number of carboxylic acids is 1. The van der Waals surface area contributed by atoms with Gasteiger partial charge >= 0.3 is 5.97 Å². The van der Waals surface area contributed by atoms with Crippen LogP contribution in [0.5, 0.6) is 0 Å². The first kappa shape index (κ1) is 14.1.